The highest BCUT2D eigenvalue weighted by Crippen LogP contribution is 2.26. The summed E-state index contributed by atoms with van der Waals surface area (Å²) < 4.78 is 5.31. The predicted octanol–water partition coefficient (Wildman–Crippen LogP) is 2.75. The molecule has 0 aromatic heterocycles. The molecule has 140 valence electrons. The molecule has 0 radical (unpaired) electrons. The molecule has 0 spiro atoms. The molecule has 0 saturated carbocycles. The quantitative estimate of drug-likeness (QED) is 0.352. The first-order chi connectivity index (χ1) is 10.7. The third kappa shape index (κ3) is 9.19. The number of carboxylic acids is 3. The Bertz CT molecular complexity index is 453. The fraction of sp³-hybridized carbons (Fsp3) is 0.800. The SMILES string of the molecule is C[Si](C)(C)C[Si](C)(C)CCCOC(CC(=O)O)(CC(=O)O)C(=O)O. The molecule has 0 aliphatic carbocycles. The maximum absolute atomic E-state index is 11.4. The Morgan fingerprint density at radius 2 is 1.38 bits per heavy atom. The molecule has 0 aromatic carbocycles. The average Bonchev–Trinajstić information content (AvgIpc) is 2.29. The number of carboxylic acid groups (broad SMARTS) is 3. The van der Waals surface area contributed by atoms with Crippen LogP contribution in [0.4, 0.5) is 0 Å². The third-order valence-corrected chi connectivity index (χ3v) is 13.4. The van der Waals surface area contributed by atoms with Gasteiger partial charge in [-0.15, -0.1) is 0 Å². The fourth-order valence-corrected chi connectivity index (χ4v) is 16.5. The van der Waals surface area contributed by atoms with Crippen LogP contribution in [0.25, 0.3) is 0 Å². The molecule has 0 heterocycles. The number of ether oxygens (including phenoxy) is 1. The molecular formula is C15H30O7Si2. The number of rotatable bonds is 12. The van der Waals surface area contributed by atoms with E-state index in [-0.39, 0.29) is 6.61 Å². The topological polar surface area (TPSA) is 121 Å². The molecule has 0 saturated heterocycles. The van der Waals surface area contributed by atoms with Gasteiger partial charge in [-0.25, -0.2) is 4.79 Å². The summed E-state index contributed by atoms with van der Waals surface area (Å²) >= 11 is 0. The van der Waals surface area contributed by atoms with Crippen LogP contribution in [0.15, 0.2) is 0 Å². The molecular weight excluding hydrogens is 348 g/mol. The Hall–Kier alpha value is -1.20. The minimum atomic E-state index is -2.21. The predicted molar refractivity (Wildman–Crippen MR) is 95.9 cm³/mol. The number of carbonyl (C=O) groups is 3. The summed E-state index contributed by atoms with van der Waals surface area (Å²) in [4.78, 5) is 33.3. The number of hydrogen-bond donors (Lipinski definition) is 3. The van der Waals surface area contributed by atoms with Crippen molar-refractivity contribution in [2.24, 2.45) is 0 Å². The summed E-state index contributed by atoms with van der Waals surface area (Å²) in [6.07, 6.45) is -1.13. The molecule has 0 aliphatic rings. The zero-order chi connectivity index (χ0) is 19.2. The van der Waals surface area contributed by atoms with E-state index >= 15 is 0 Å². The van der Waals surface area contributed by atoms with Crippen molar-refractivity contribution >= 4 is 34.1 Å². The summed E-state index contributed by atoms with van der Waals surface area (Å²) in [5.41, 5.74) is -0.962. The van der Waals surface area contributed by atoms with Crippen LogP contribution < -0.4 is 0 Å². The molecule has 0 aromatic rings. The van der Waals surface area contributed by atoms with E-state index in [0.29, 0.717) is 6.42 Å². The Labute approximate surface area is 145 Å². The summed E-state index contributed by atoms with van der Waals surface area (Å²) in [7, 11) is -2.60. The standard InChI is InChI=1S/C15H30O7Si2/c1-23(2,3)11-24(4,5)8-6-7-22-15(14(20)21,9-12(16)17)10-13(18)19/h6-11H2,1-5H3,(H,16,17)(H,18,19)(H,20,21). The van der Waals surface area contributed by atoms with Gasteiger partial charge >= 0.3 is 17.9 Å². The third-order valence-electron chi connectivity index (χ3n) is 3.65. The molecule has 24 heavy (non-hydrogen) atoms. The van der Waals surface area contributed by atoms with E-state index in [9.17, 15) is 19.5 Å². The number of aliphatic carboxylic acids is 3. The van der Waals surface area contributed by atoms with Gasteiger partial charge < -0.3 is 20.1 Å². The second kappa shape index (κ2) is 8.77. The van der Waals surface area contributed by atoms with Gasteiger partial charge in [-0.05, 0) is 6.42 Å². The van der Waals surface area contributed by atoms with Crippen LogP contribution in [0.2, 0.25) is 44.4 Å². The molecule has 0 atom stereocenters. The van der Waals surface area contributed by atoms with Gasteiger partial charge in [-0.3, -0.25) is 9.59 Å². The lowest BCUT2D eigenvalue weighted by Gasteiger charge is -2.31. The second-order valence-electron chi connectivity index (χ2n) is 8.29. The average molecular weight is 379 g/mol. The summed E-state index contributed by atoms with van der Waals surface area (Å²) in [6.45, 7) is 11.6. The van der Waals surface area contributed by atoms with Crippen molar-refractivity contribution in [3.05, 3.63) is 0 Å². The molecule has 9 heteroatoms. The minimum absolute atomic E-state index is 0.0506. The van der Waals surface area contributed by atoms with E-state index < -0.39 is 52.5 Å². The van der Waals surface area contributed by atoms with E-state index in [1.165, 1.54) is 5.67 Å². The normalized spacial score (nSPS) is 12.9. The first kappa shape index (κ1) is 22.8. The lowest BCUT2D eigenvalue weighted by Crippen LogP contribution is -2.46. The Morgan fingerprint density at radius 1 is 0.917 bits per heavy atom. The molecule has 0 fully saturated rings. The summed E-state index contributed by atoms with van der Waals surface area (Å²) in [6, 6.07) is 0.938. The first-order valence-corrected chi connectivity index (χ1v) is 15.1. The van der Waals surface area contributed by atoms with Gasteiger partial charge in [0.1, 0.15) is 0 Å². The molecule has 0 amide bonds. The Balaban J connectivity index is 4.81. The number of hydrogen-bond acceptors (Lipinski definition) is 4. The van der Waals surface area contributed by atoms with Gasteiger partial charge in [-0.2, -0.15) is 0 Å². The van der Waals surface area contributed by atoms with Crippen molar-refractivity contribution in [2.45, 2.75) is 69.3 Å². The van der Waals surface area contributed by atoms with Crippen LogP contribution in [-0.4, -0.2) is 61.6 Å². The molecule has 0 unspecified atom stereocenters. The summed E-state index contributed by atoms with van der Waals surface area (Å²) in [5.74, 6) is -4.34. The van der Waals surface area contributed by atoms with E-state index in [0.717, 1.165) is 6.04 Å². The highest BCUT2D eigenvalue weighted by Gasteiger charge is 2.44. The highest BCUT2D eigenvalue weighted by molar-refractivity contribution is 6.94. The van der Waals surface area contributed by atoms with Crippen molar-refractivity contribution in [2.75, 3.05) is 6.61 Å². The van der Waals surface area contributed by atoms with E-state index in [1.54, 1.807) is 0 Å². The van der Waals surface area contributed by atoms with Gasteiger partial charge in [0, 0.05) is 22.8 Å². The fourth-order valence-electron chi connectivity index (χ4n) is 3.21. The minimum Gasteiger partial charge on any atom is -0.481 e. The molecule has 3 N–H and O–H groups in total. The van der Waals surface area contributed by atoms with Gasteiger partial charge in [0.2, 0.25) is 0 Å². The second-order valence-corrected chi connectivity index (χ2v) is 19.7. The largest absolute Gasteiger partial charge is 0.481 e. The zero-order valence-corrected chi connectivity index (χ0v) is 17.2. The lowest BCUT2D eigenvalue weighted by molar-refractivity contribution is -0.178. The summed E-state index contributed by atoms with van der Waals surface area (Å²) in [5, 5.41) is 27.1. The van der Waals surface area contributed by atoms with E-state index in [1.807, 2.05) is 0 Å². The maximum atomic E-state index is 11.4. The zero-order valence-electron chi connectivity index (χ0n) is 15.2. The first-order valence-electron chi connectivity index (χ1n) is 8.00. The molecule has 0 bridgehead atoms. The van der Waals surface area contributed by atoms with Crippen LogP contribution in [0.1, 0.15) is 19.3 Å². The van der Waals surface area contributed by atoms with Gasteiger partial charge in [-0.1, -0.05) is 44.4 Å². The van der Waals surface area contributed by atoms with Crippen molar-refractivity contribution < 1.29 is 34.4 Å². The van der Waals surface area contributed by atoms with Crippen LogP contribution in [0, 0.1) is 0 Å². The van der Waals surface area contributed by atoms with Crippen LogP contribution >= 0.6 is 0 Å². The van der Waals surface area contributed by atoms with Crippen molar-refractivity contribution in [1.29, 1.82) is 0 Å². The van der Waals surface area contributed by atoms with Gasteiger partial charge in [0.05, 0.1) is 12.8 Å². The molecule has 0 aliphatic heterocycles. The van der Waals surface area contributed by atoms with Gasteiger partial charge in [0.25, 0.3) is 0 Å². The van der Waals surface area contributed by atoms with E-state index in [4.69, 9.17) is 14.9 Å². The van der Waals surface area contributed by atoms with Crippen LogP contribution in [0.5, 0.6) is 0 Å². The molecule has 7 nitrogen and oxygen atoms in total. The Kier molecular flexibility index (Phi) is 8.33. The van der Waals surface area contributed by atoms with E-state index in [2.05, 4.69) is 32.7 Å². The molecule has 0 rings (SSSR count). The van der Waals surface area contributed by atoms with Gasteiger partial charge in [0.15, 0.2) is 5.60 Å². The lowest BCUT2D eigenvalue weighted by atomic mass is 9.95. The van der Waals surface area contributed by atoms with Crippen molar-refractivity contribution in [3.8, 4) is 0 Å². The van der Waals surface area contributed by atoms with Crippen LogP contribution in [0.3, 0.4) is 0 Å². The Morgan fingerprint density at radius 3 is 1.71 bits per heavy atom. The maximum Gasteiger partial charge on any atom is 0.337 e. The smallest absolute Gasteiger partial charge is 0.337 e. The highest BCUT2D eigenvalue weighted by atomic mass is 28.4. The van der Waals surface area contributed by atoms with Crippen molar-refractivity contribution in [3.63, 3.8) is 0 Å². The monoisotopic (exact) mass is 378 g/mol. The van der Waals surface area contributed by atoms with Crippen LogP contribution in [-0.2, 0) is 19.1 Å². The van der Waals surface area contributed by atoms with Crippen molar-refractivity contribution in [1.82, 2.24) is 0 Å².